The van der Waals surface area contributed by atoms with Gasteiger partial charge in [-0.2, -0.15) is 0 Å². The molecule has 0 aliphatic carbocycles. The van der Waals surface area contributed by atoms with Crippen molar-refractivity contribution in [1.29, 1.82) is 0 Å². The number of nitrogens with zero attached hydrogens (tertiary/aromatic N) is 3. The molecule has 2 aromatic carbocycles. The lowest BCUT2D eigenvalue weighted by Gasteiger charge is -2.11. The summed E-state index contributed by atoms with van der Waals surface area (Å²) >= 11 is 0. The normalized spacial score (nSPS) is 21.1. The minimum atomic E-state index is -0.921. The number of benzodiazepines with no additional fused rings is 1. The first-order valence-corrected chi connectivity index (χ1v) is 9.53. The highest BCUT2D eigenvalue weighted by Gasteiger charge is 2.28. The molecule has 0 radical (unpaired) electrons. The van der Waals surface area contributed by atoms with Crippen molar-refractivity contribution in [3.05, 3.63) is 71.6 Å². The Hall–Kier alpha value is -3.52. The Labute approximate surface area is 167 Å². The van der Waals surface area contributed by atoms with E-state index >= 15 is 0 Å². The second kappa shape index (κ2) is 7.48. The van der Waals surface area contributed by atoms with E-state index in [1.54, 1.807) is 0 Å². The Bertz CT molecular complexity index is 1060. The molecule has 1 fully saturated rings. The fourth-order valence-corrected chi connectivity index (χ4v) is 3.49. The molecule has 0 spiro atoms. The van der Waals surface area contributed by atoms with Crippen LogP contribution >= 0.6 is 0 Å². The van der Waals surface area contributed by atoms with Gasteiger partial charge in [-0.3, -0.25) is 4.79 Å². The minimum Gasteiger partial charge on any atom is -0.405 e. The van der Waals surface area contributed by atoms with Crippen molar-refractivity contribution < 1.29 is 13.9 Å². The SMILES string of the molecule is O=C1Nc2ccccc2C(c2ccccc2)=NC1Nc1nnc([C@H]2CCCO2)o1. The molecular formula is C21H19N5O3. The van der Waals surface area contributed by atoms with Crippen LogP contribution in [0.3, 0.4) is 0 Å². The van der Waals surface area contributed by atoms with E-state index in [-0.39, 0.29) is 18.0 Å². The van der Waals surface area contributed by atoms with Gasteiger partial charge in [0.25, 0.3) is 5.91 Å². The number of ether oxygens (including phenoxy) is 1. The number of hydrogen-bond acceptors (Lipinski definition) is 7. The summed E-state index contributed by atoms with van der Waals surface area (Å²) in [6.07, 6.45) is 0.699. The van der Waals surface area contributed by atoms with Crippen molar-refractivity contribution in [2.45, 2.75) is 25.1 Å². The first kappa shape index (κ1) is 17.6. The molecule has 1 aromatic heterocycles. The maximum Gasteiger partial charge on any atom is 0.317 e. The zero-order valence-electron chi connectivity index (χ0n) is 15.5. The number of rotatable bonds is 4. The highest BCUT2D eigenvalue weighted by atomic mass is 16.5. The van der Waals surface area contributed by atoms with Crippen LogP contribution < -0.4 is 10.6 Å². The third kappa shape index (κ3) is 3.50. The minimum absolute atomic E-state index is 0.137. The lowest BCUT2D eigenvalue weighted by atomic mass is 10.0. The molecule has 5 rings (SSSR count). The van der Waals surface area contributed by atoms with Gasteiger partial charge >= 0.3 is 6.01 Å². The van der Waals surface area contributed by atoms with Crippen LogP contribution in [-0.2, 0) is 9.53 Å². The number of hydrogen-bond donors (Lipinski definition) is 2. The lowest BCUT2D eigenvalue weighted by Crippen LogP contribution is -2.32. The number of fused-ring (bicyclic) bond motifs is 1. The molecule has 1 unspecified atom stereocenters. The summed E-state index contributed by atoms with van der Waals surface area (Å²) in [5, 5.41) is 13.9. The molecule has 1 saturated heterocycles. The quantitative estimate of drug-likeness (QED) is 0.711. The van der Waals surface area contributed by atoms with E-state index in [4.69, 9.17) is 14.1 Å². The third-order valence-electron chi connectivity index (χ3n) is 4.90. The second-order valence-electron chi connectivity index (χ2n) is 6.87. The maximum absolute atomic E-state index is 12.8. The molecule has 8 heteroatoms. The number of amides is 1. The first-order valence-electron chi connectivity index (χ1n) is 9.53. The predicted octanol–water partition coefficient (Wildman–Crippen LogP) is 3.15. The summed E-state index contributed by atoms with van der Waals surface area (Å²) in [4.78, 5) is 17.5. The van der Waals surface area contributed by atoms with Gasteiger partial charge in [0.1, 0.15) is 6.10 Å². The van der Waals surface area contributed by atoms with Crippen molar-refractivity contribution in [2.75, 3.05) is 17.2 Å². The number of anilines is 2. The van der Waals surface area contributed by atoms with Crippen LogP contribution in [0.5, 0.6) is 0 Å². The predicted molar refractivity (Wildman–Crippen MR) is 107 cm³/mol. The Morgan fingerprint density at radius 1 is 1.03 bits per heavy atom. The Morgan fingerprint density at radius 2 is 1.86 bits per heavy atom. The van der Waals surface area contributed by atoms with Crippen molar-refractivity contribution in [3.63, 3.8) is 0 Å². The van der Waals surface area contributed by atoms with Gasteiger partial charge in [0.2, 0.25) is 12.1 Å². The van der Waals surface area contributed by atoms with E-state index in [1.807, 2.05) is 54.6 Å². The number of benzene rings is 2. The molecule has 3 aromatic rings. The monoisotopic (exact) mass is 389 g/mol. The van der Waals surface area contributed by atoms with Gasteiger partial charge in [-0.05, 0) is 18.9 Å². The fourth-order valence-electron chi connectivity index (χ4n) is 3.49. The summed E-state index contributed by atoms with van der Waals surface area (Å²) in [5.74, 6) is 0.106. The van der Waals surface area contributed by atoms with Crippen LogP contribution in [-0.4, -0.2) is 34.6 Å². The van der Waals surface area contributed by atoms with Gasteiger partial charge < -0.3 is 19.8 Å². The van der Waals surface area contributed by atoms with E-state index in [0.717, 1.165) is 24.0 Å². The average Bonchev–Trinajstić information content (AvgIpc) is 3.42. The van der Waals surface area contributed by atoms with E-state index < -0.39 is 6.17 Å². The Kier molecular flexibility index (Phi) is 4.53. The number of carbonyl (C=O) groups is 1. The smallest absolute Gasteiger partial charge is 0.317 e. The van der Waals surface area contributed by atoms with Crippen LogP contribution in [0.2, 0.25) is 0 Å². The molecule has 2 atom stereocenters. The summed E-state index contributed by atoms with van der Waals surface area (Å²) in [5.41, 5.74) is 3.17. The molecule has 146 valence electrons. The highest BCUT2D eigenvalue weighted by molar-refractivity contribution is 6.19. The van der Waals surface area contributed by atoms with Crippen LogP contribution in [0, 0.1) is 0 Å². The number of para-hydroxylation sites is 1. The van der Waals surface area contributed by atoms with Crippen molar-refractivity contribution >= 4 is 23.3 Å². The van der Waals surface area contributed by atoms with Crippen molar-refractivity contribution in [2.24, 2.45) is 4.99 Å². The van der Waals surface area contributed by atoms with Gasteiger partial charge in [-0.25, -0.2) is 4.99 Å². The third-order valence-corrected chi connectivity index (χ3v) is 4.90. The highest BCUT2D eigenvalue weighted by Crippen LogP contribution is 2.29. The van der Waals surface area contributed by atoms with Crippen LogP contribution in [0.15, 0.2) is 64.0 Å². The fraction of sp³-hybridized carbons (Fsp3) is 0.238. The van der Waals surface area contributed by atoms with Gasteiger partial charge in [0.15, 0.2) is 0 Å². The molecule has 8 nitrogen and oxygen atoms in total. The van der Waals surface area contributed by atoms with Crippen molar-refractivity contribution in [1.82, 2.24) is 10.2 Å². The summed E-state index contributed by atoms with van der Waals surface area (Å²) in [7, 11) is 0. The molecule has 0 bridgehead atoms. The van der Waals surface area contributed by atoms with Gasteiger partial charge in [0.05, 0.1) is 11.4 Å². The van der Waals surface area contributed by atoms with Crippen LogP contribution in [0.1, 0.15) is 36.0 Å². The number of aromatic nitrogens is 2. The van der Waals surface area contributed by atoms with E-state index in [2.05, 4.69) is 20.8 Å². The average molecular weight is 389 g/mol. The summed E-state index contributed by atoms with van der Waals surface area (Å²) in [6, 6.07) is 17.5. The summed E-state index contributed by atoms with van der Waals surface area (Å²) in [6.45, 7) is 0.684. The van der Waals surface area contributed by atoms with E-state index in [0.29, 0.717) is 23.9 Å². The molecule has 2 aliphatic rings. The van der Waals surface area contributed by atoms with Crippen LogP contribution in [0.4, 0.5) is 11.7 Å². The molecule has 2 aliphatic heterocycles. The van der Waals surface area contributed by atoms with Gasteiger partial charge in [0, 0.05) is 17.7 Å². The standard InChI is InChI=1S/C21H19N5O3/c27-19-18(24-21-26-25-20(29-21)16-11-6-12-28-16)23-17(13-7-2-1-3-8-13)14-9-4-5-10-15(14)22-19/h1-5,7-10,16,18H,6,11-12H2,(H,22,27)(H,24,26)/t16-,18?/m1/s1. The van der Waals surface area contributed by atoms with Gasteiger partial charge in [-0.15, -0.1) is 5.10 Å². The second-order valence-corrected chi connectivity index (χ2v) is 6.87. The van der Waals surface area contributed by atoms with E-state index in [1.165, 1.54) is 0 Å². The zero-order valence-corrected chi connectivity index (χ0v) is 15.5. The molecular weight excluding hydrogens is 370 g/mol. The molecule has 0 saturated carbocycles. The molecule has 29 heavy (non-hydrogen) atoms. The maximum atomic E-state index is 12.8. The topological polar surface area (TPSA) is 102 Å². The summed E-state index contributed by atoms with van der Waals surface area (Å²) < 4.78 is 11.2. The number of nitrogens with one attached hydrogen (secondary N) is 2. The number of carbonyl (C=O) groups excluding carboxylic acids is 1. The van der Waals surface area contributed by atoms with E-state index in [9.17, 15) is 4.79 Å². The Balaban J connectivity index is 1.49. The van der Waals surface area contributed by atoms with Crippen molar-refractivity contribution in [3.8, 4) is 0 Å². The first-order chi connectivity index (χ1) is 14.3. The largest absolute Gasteiger partial charge is 0.405 e. The molecule has 3 heterocycles. The Morgan fingerprint density at radius 3 is 2.69 bits per heavy atom. The number of aliphatic imine (C=N–C) groups is 1. The van der Waals surface area contributed by atoms with Gasteiger partial charge in [-0.1, -0.05) is 53.6 Å². The molecule has 1 amide bonds. The lowest BCUT2D eigenvalue weighted by molar-refractivity contribution is -0.116. The zero-order chi connectivity index (χ0) is 19.6. The van der Waals surface area contributed by atoms with Crippen LogP contribution in [0.25, 0.3) is 0 Å². The molecule has 2 N–H and O–H groups in total.